The van der Waals surface area contributed by atoms with E-state index in [-0.39, 0.29) is 11.4 Å². The van der Waals surface area contributed by atoms with E-state index >= 15 is 0 Å². The van der Waals surface area contributed by atoms with Crippen LogP contribution in [0.5, 0.6) is 11.5 Å². The van der Waals surface area contributed by atoms with Gasteiger partial charge in [-0.25, -0.2) is 8.42 Å². The number of benzene rings is 2. The van der Waals surface area contributed by atoms with Crippen LogP contribution in [-0.4, -0.2) is 45.4 Å². The first-order valence-corrected chi connectivity index (χ1v) is 10.9. The quantitative estimate of drug-likeness (QED) is 0.746. The van der Waals surface area contributed by atoms with Gasteiger partial charge >= 0.3 is 0 Å². The third-order valence-corrected chi connectivity index (χ3v) is 7.08. The van der Waals surface area contributed by atoms with Gasteiger partial charge in [0.15, 0.2) is 0 Å². The number of nitrogens with zero attached hydrogens (tertiary/aromatic N) is 1. The van der Waals surface area contributed by atoms with Crippen LogP contribution in [-0.2, 0) is 14.8 Å². The van der Waals surface area contributed by atoms with E-state index < -0.39 is 22.0 Å². The van der Waals surface area contributed by atoms with Crippen molar-refractivity contribution in [1.29, 1.82) is 0 Å². The van der Waals surface area contributed by atoms with Gasteiger partial charge in [0.05, 0.1) is 29.8 Å². The molecule has 0 unspecified atom stereocenters. The highest BCUT2D eigenvalue weighted by Gasteiger charge is 2.39. The summed E-state index contributed by atoms with van der Waals surface area (Å²) in [6, 6.07) is 8.86. The Bertz CT molecular complexity index is 1010. The summed E-state index contributed by atoms with van der Waals surface area (Å²) >= 11 is 6.16. The van der Waals surface area contributed by atoms with Crippen LogP contribution in [0.3, 0.4) is 0 Å². The van der Waals surface area contributed by atoms with Gasteiger partial charge in [0.25, 0.3) is 0 Å². The standard InChI is InChI=1S/C20H23ClN2O5S/c1-13-6-8-14(9-7-13)29(25,26)23-10-4-5-17(23)20(24)22-16-11-15(21)18(27-2)12-19(16)28-3/h6-9,11-12,17H,4-5,10H2,1-3H3,(H,22,24)/t17-/m1/s1. The van der Waals surface area contributed by atoms with Crippen molar-refractivity contribution < 1.29 is 22.7 Å². The molecule has 0 spiro atoms. The van der Waals surface area contributed by atoms with Gasteiger partial charge in [0, 0.05) is 12.6 Å². The predicted octanol–water partition coefficient (Wildman–Crippen LogP) is 3.46. The molecule has 2 aromatic carbocycles. The van der Waals surface area contributed by atoms with Crippen LogP contribution in [0.15, 0.2) is 41.3 Å². The van der Waals surface area contributed by atoms with Crippen molar-refractivity contribution in [1.82, 2.24) is 4.31 Å². The minimum Gasteiger partial charge on any atom is -0.495 e. The number of ether oxygens (including phenoxy) is 2. The van der Waals surface area contributed by atoms with E-state index in [0.29, 0.717) is 35.1 Å². The maximum absolute atomic E-state index is 13.1. The Morgan fingerprint density at radius 2 is 1.79 bits per heavy atom. The molecule has 0 saturated carbocycles. The number of nitrogens with one attached hydrogen (secondary N) is 1. The summed E-state index contributed by atoms with van der Waals surface area (Å²) in [5.41, 5.74) is 1.31. The van der Waals surface area contributed by atoms with Crippen molar-refractivity contribution >= 4 is 33.2 Å². The molecule has 1 aliphatic rings. The first kappa shape index (κ1) is 21.4. The summed E-state index contributed by atoms with van der Waals surface area (Å²) in [7, 11) is -0.843. The molecule has 156 valence electrons. The molecule has 7 nitrogen and oxygen atoms in total. The summed E-state index contributed by atoms with van der Waals surface area (Å²) in [6.45, 7) is 2.17. The average Bonchev–Trinajstić information content (AvgIpc) is 3.19. The lowest BCUT2D eigenvalue weighted by Gasteiger charge is -2.24. The molecule has 0 aromatic heterocycles. The second-order valence-electron chi connectivity index (χ2n) is 6.76. The molecule has 1 fully saturated rings. The third-order valence-electron chi connectivity index (χ3n) is 4.87. The minimum atomic E-state index is -3.78. The van der Waals surface area contributed by atoms with Gasteiger partial charge in [-0.05, 0) is 38.0 Å². The van der Waals surface area contributed by atoms with Gasteiger partial charge in [0.2, 0.25) is 15.9 Å². The Labute approximate surface area is 175 Å². The van der Waals surface area contributed by atoms with Crippen LogP contribution in [0.1, 0.15) is 18.4 Å². The monoisotopic (exact) mass is 438 g/mol. The largest absolute Gasteiger partial charge is 0.495 e. The third kappa shape index (κ3) is 4.34. The molecule has 2 aromatic rings. The molecule has 9 heteroatoms. The fourth-order valence-electron chi connectivity index (χ4n) is 3.31. The van der Waals surface area contributed by atoms with E-state index in [9.17, 15) is 13.2 Å². The molecule has 1 amide bonds. The van der Waals surface area contributed by atoms with E-state index in [2.05, 4.69) is 5.32 Å². The van der Waals surface area contributed by atoms with Crippen LogP contribution in [0.2, 0.25) is 5.02 Å². The van der Waals surface area contributed by atoms with Crippen LogP contribution in [0.25, 0.3) is 0 Å². The van der Waals surface area contributed by atoms with Crippen LogP contribution in [0, 0.1) is 6.92 Å². The van der Waals surface area contributed by atoms with E-state index in [1.54, 1.807) is 30.3 Å². The maximum Gasteiger partial charge on any atom is 0.243 e. The summed E-state index contributed by atoms with van der Waals surface area (Å²) < 4.78 is 37.8. The molecular weight excluding hydrogens is 416 g/mol. The fourth-order valence-corrected chi connectivity index (χ4v) is 5.21. The number of hydrogen-bond donors (Lipinski definition) is 1. The Morgan fingerprint density at radius 1 is 1.14 bits per heavy atom. The summed E-state index contributed by atoms with van der Waals surface area (Å²) in [5, 5.41) is 3.05. The zero-order valence-corrected chi connectivity index (χ0v) is 18.0. The Kier molecular flexibility index (Phi) is 6.36. The Balaban J connectivity index is 1.86. The SMILES string of the molecule is COc1cc(OC)c(NC(=O)[C@H]2CCCN2S(=O)(=O)c2ccc(C)cc2)cc1Cl. The number of aryl methyl sites for hydroxylation is 1. The van der Waals surface area contributed by atoms with Crippen molar-refractivity contribution in [3.05, 3.63) is 47.0 Å². The van der Waals surface area contributed by atoms with Crippen molar-refractivity contribution in [3.8, 4) is 11.5 Å². The van der Waals surface area contributed by atoms with Gasteiger partial charge in [-0.3, -0.25) is 4.79 Å². The van der Waals surface area contributed by atoms with E-state index in [4.69, 9.17) is 21.1 Å². The van der Waals surface area contributed by atoms with Crippen molar-refractivity contribution in [3.63, 3.8) is 0 Å². The lowest BCUT2D eigenvalue weighted by Crippen LogP contribution is -2.43. The van der Waals surface area contributed by atoms with Crippen LogP contribution >= 0.6 is 11.6 Å². The van der Waals surface area contributed by atoms with E-state index in [0.717, 1.165) is 5.56 Å². The lowest BCUT2D eigenvalue weighted by atomic mass is 10.2. The number of rotatable bonds is 6. The second-order valence-corrected chi connectivity index (χ2v) is 9.06. The molecule has 29 heavy (non-hydrogen) atoms. The number of sulfonamides is 1. The van der Waals surface area contributed by atoms with Crippen LogP contribution < -0.4 is 14.8 Å². The number of carbonyl (C=O) groups excluding carboxylic acids is 1. The van der Waals surface area contributed by atoms with E-state index in [1.165, 1.54) is 24.6 Å². The highest BCUT2D eigenvalue weighted by molar-refractivity contribution is 7.89. The number of hydrogen-bond acceptors (Lipinski definition) is 5. The number of halogens is 1. The smallest absolute Gasteiger partial charge is 0.243 e. The number of methoxy groups -OCH3 is 2. The van der Waals surface area contributed by atoms with Gasteiger partial charge in [-0.15, -0.1) is 0 Å². The molecule has 3 rings (SSSR count). The van der Waals surface area contributed by atoms with Gasteiger partial charge < -0.3 is 14.8 Å². The predicted molar refractivity (Wildman–Crippen MR) is 111 cm³/mol. The van der Waals surface area contributed by atoms with Crippen molar-refractivity contribution in [2.75, 3.05) is 26.1 Å². The maximum atomic E-state index is 13.1. The Morgan fingerprint density at radius 3 is 2.41 bits per heavy atom. The fraction of sp³-hybridized carbons (Fsp3) is 0.350. The molecule has 0 aliphatic carbocycles. The number of carbonyl (C=O) groups is 1. The molecular formula is C20H23ClN2O5S. The van der Waals surface area contributed by atoms with Gasteiger partial charge in [-0.2, -0.15) is 4.31 Å². The van der Waals surface area contributed by atoms with Crippen LogP contribution in [0.4, 0.5) is 5.69 Å². The summed E-state index contributed by atoms with van der Waals surface area (Å²) in [4.78, 5) is 13.1. The van der Waals surface area contributed by atoms with Crippen molar-refractivity contribution in [2.24, 2.45) is 0 Å². The first-order valence-electron chi connectivity index (χ1n) is 9.09. The second kappa shape index (κ2) is 8.61. The lowest BCUT2D eigenvalue weighted by molar-refractivity contribution is -0.119. The molecule has 1 heterocycles. The summed E-state index contributed by atoms with van der Waals surface area (Å²) in [6.07, 6.45) is 1.03. The highest BCUT2D eigenvalue weighted by atomic mass is 35.5. The number of amides is 1. The van der Waals surface area contributed by atoms with Crippen molar-refractivity contribution in [2.45, 2.75) is 30.7 Å². The molecule has 1 saturated heterocycles. The first-order chi connectivity index (χ1) is 13.8. The number of anilines is 1. The zero-order chi connectivity index (χ0) is 21.2. The normalized spacial score (nSPS) is 17.2. The average molecular weight is 439 g/mol. The zero-order valence-electron chi connectivity index (χ0n) is 16.4. The van der Waals surface area contributed by atoms with Gasteiger partial charge in [-0.1, -0.05) is 29.3 Å². The molecule has 1 N–H and O–H groups in total. The van der Waals surface area contributed by atoms with Gasteiger partial charge in [0.1, 0.15) is 17.5 Å². The minimum absolute atomic E-state index is 0.174. The topological polar surface area (TPSA) is 84.9 Å². The Hall–Kier alpha value is -2.29. The molecule has 0 radical (unpaired) electrons. The molecule has 1 atom stereocenters. The summed E-state index contributed by atoms with van der Waals surface area (Å²) in [5.74, 6) is 0.342. The molecule has 0 bridgehead atoms. The highest BCUT2D eigenvalue weighted by Crippen LogP contribution is 2.36. The molecule has 1 aliphatic heterocycles. The van der Waals surface area contributed by atoms with E-state index in [1.807, 2.05) is 6.92 Å².